The Morgan fingerprint density at radius 2 is 1.95 bits per heavy atom. The molecule has 0 saturated heterocycles. The van der Waals surface area contributed by atoms with Crippen molar-refractivity contribution >= 4 is 6.09 Å². The maximum atomic E-state index is 11.4. The van der Waals surface area contributed by atoms with Gasteiger partial charge < -0.3 is 15.4 Å². The molecule has 0 radical (unpaired) electrons. The smallest absolute Gasteiger partial charge is 0.407 e. The maximum Gasteiger partial charge on any atom is 0.407 e. The van der Waals surface area contributed by atoms with Crippen LogP contribution in [0.3, 0.4) is 0 Å². The minimum absolute atomic E-state index is 0.364. The summed E-state index contributed by atoms with van der Waals surface area (Å²) in [5.74, 6) is 0.908. The number of amides is 1. The van der Waals surface area contributed by atoms with Crippen LogP contribution in [-0.2, 0) is 4.74 Å². The molecule has 2 unspecified atom stereocenters. The van der Waals surface area contributed by atoms with E-state index in [1.54, 1.807) is 0 Å². The highest BCUT2D eigenvalue weighted by Crippen LogP contribution is 2.27. The van der Waals surface area contributed by atoms with E-state index in [4.69, 9.17) is 4.74 Å². The monoisotopic (exact) mass is 282 g/mol. The minimum atomic E-state index is -0.437. The van der Waals surface area contributed by atoms with E-state index < -0.39 is 5.60 Å². The van der Waals surface area contributed by atoms with Gasteiger partial charge in [-0.1, -0.05) is 25.5 Å². The average Bonchev–Trinajstić information content (AvgIpc) is 2.79. The largest absolute Gasteiger partial charge is 0.444 e. The van der Waals surface area contributed by atoms with Crippen LogP contribution in [0.2, 0.25) is 0 Å². The summed E-state index contributed by atoms with van der Waals surface area (Å²) in [7, 11) is 0. The molecular weight excluding hydrogens is 252 g/mol. The summed E-state index contributed by atoms with van der Waals surface area (Å²) in [5, 5.41) is 6.25. The lowest BCUT2D eigenvalue weighted by Gasteiger charge is -2.19. The first-order valence-electron chi connectivity index (χ1n) is 7.76. The van der Waals surface area contributed by atoms with Crippen LogP contribution >= 0.6 is 0 Å². The van der Waals surface area contributed by atoms with E-state index in [0.717, 1.165) is 12.5 Å². The lowest BCUT2D eigenvalue weighted by atomic mass is 10.1. The Bertz CT molecular complexity index is 321. The third kappa shape index (κ3) is 7.53. The number of carbonyl (C=O) groups is 1. The van der Waals surface area contributed by atoms with Gasteiger partial charge in [-0.15, -0.1) is 0 Å². The van der Waals surface area contributed by atoms with Crippen LogP contribution in [0.5, 0.6) is 0 Å². The lowest BCUT2D eigenvalue weighted by molar-refractivity contribution is 0.0534. The Morgan fingerprint density at radius 3 is 2.55 bits per heavy atom. The molecule has 0 spiro atoms. The topological polar surface area (TPSA) is 50.4 Å². The molecular formula is C16H30N2O2. The van der Waals surface area contributed by atoms with Gasteiger partial charge in [-0.2, -0.15) is 0 Å². The van der Waals surface area contributed by atoms with Crippen molar-refractivity contribution in [2.45, 2.75) is 65.0 Å². The second-order valence-electron chi connectivity index (χ2n) is 6.55. The standard InChI is InChI=1S/C16H30N2O2/c1-5-13-8-9-14(12-13)17-10-6-7-11-18-15(19)20-16(2,3)4/h6-7,13-14,17H,5,8-12H2,1-4H3,(H,18,19)/b7-6+. The van der Waals surface area contributed by atoms with E-state index >= 15 is 0 Å². The van der Waals surface area contributed by atoms with Crippen molar-refractivity contribution in [3.05, 3.63) is 12.2 Å². The van der Waals surface area contributed by atoms with Gasteiger partial charge in [0.1, 0.15) is 5.60 Å². The summed E-state index contributed by atoms with van der Waals surface area (Å²) in [6.07, 6.45) is 8.92. The molecule has 1 rings (SSSR count). The number of carbonyl (C=O) groups excluding carboxylic acids is 1. The highest BCUT2D eigenvalue weighted by molar-refractivity contribution is 5.67. The number of rotatable bonds is 6. The third-order valence-corrected chi connectivity index (χ3v) is 3.57. The molecule has 2 N–H and O–H groups in total. The lowest BCUT2D eigenvalue weighted by Crippen LogP contribution is -2.32. The van der Waals surface area contributed by atoms with Gasteiger partial charge in [0, 0.05) is 19.1 Å². The second-order valence-corrected chi connectivity index (χ2v) is 6.55. The van der Waals surface area contributed by atoms with E-state index in [1.165, 1.54) is 25.7 Å². The molecule has 0 heterocycles. The van der Waals surface area contributed by atoms with Gasteiger partial charge in [0.05, 0.1) is 0 Å². The summed E-state index contributed by atoms with van der Waals surface area (Å²) in [6, 6.07) is 0.670. The van der Waals surface area contributed by atoms with Crippen molar-refractivity contribution in [2.24, 2.45) is 5.92 Å². The fourth-order valence-electron chi connectivity index (χ4n) is 2.49. The van der Waals surface area contributed by atoms with E-state index in [9.17, 15) is 4.79 Å². The summed E-state index contributed by atoms with van der Waals surface area (Å²) in [5.41, 5.74) is -0.437. The Hall–Kier alpha value is -1.03. The van der Waals surface area contributed by atoms with Crippen molar-refractivity contribution in [3.8, 4) is 0 Å². The predicted molar refractivity (Wildman–Crippen MR) is 82.8 cm³/mol. The summed E-state index contributed by atoms with van der Waals surface area (Å²) >= 11 is 0. The van der Waals surface area contributed by atoms with E-state index in [0.29, 0.717) is 12.6 Å². The fraction of sp³-hybridized carbons (Fsp3) is 0.812. The van der Waals surface area contributed by atoms with Gasteiger partial charge in [0.2, 0.25) is 0 Å². The fourth-order valence-corrected chi connectivity index (χ4v) is 2.49. The number of hydrogen-bond donors (Lipinski definition) is 2. The van der Waals surface area contributed by atoms with Crippen molar-refractivity contribution in [2.75, 3.05) is 13.1 Å². The predicted octanol–water partition coefficient (Wildman–Crippen LogP) is 3.24. The third-order valence-electron chi connectivity index (χ3n) is 3.57. The van der Waals surface area contributed by atoms with Gasteiger partial charge in [-0.3, -0.25) is 0 Å². The Kier molecular flexibility index (Phi) is 7.06. The van der Waals surface area contributed by atoms with Crippen molar-refractivity contribution in [1.29, 1.82) is 0 Å². The summed E-state index contributed by atoms with van der Waals surface area (Å²) in [6.45, 7) is 9.23. The Labute approximate surface area is 123 Å². The van der Waals surface area contributed by atoms with Crippen LogP contribution < -0.4 is 10.6 Å². The number of hydrogen-bond acceptors (Lipinski definition) is 3. The molecule has 20 heavy (non-hydrogen) atoms. The van der Waals surface area contributed by atoms with Crippen LogP contribution in [-0.4, -0.2) is 30.8 Å². The zero-order valence-corrected chi connectivity index (χ0v) is 13.4. The zero-order valence-electron chi connectivity index (χ0n) is 13.4. The maximum absolute atomic E-state index is 11.4. The van der Waals surface area contributed by atoms with Gasteiger partial charge in [0.25, 0.3) is 0 Å². The molecule has 116 valence electrons. The van der Waals surface area contributed by atoms with Crippen LogP contribution in [0.15, 0.2) is 12.2 Å². The van der Waals surface area contributed by atoms with Crippen LogP contribution in [0, 0.1) is 5.92 Å². The molecule has 4 nitrogen and oxygen atoms in total. The number of nitrogens with one attached hydrogen (secondary N) is 2. The van der Waals surface area contributed by atoms with E-state index in [1.807, 2.05) is 26.8 Å². The molecule has 0 aliphatic heterocycles. The first-order valence-corrected chi connectivity index (χ1v) is 7.76. The normalized spacial score (nSPS) is 23.2. The van der Waals surface area contributed by atoms with Crippen LogP contribution in [0.25, 0.3) is 0 Å². The molecule has 1 fully saturated rings. The molecule has 4 heteroatoms. The van der Waals surface area contributed by atoms with E-state index in [-0.39, 0.29) is 6.09 Å². The van der Waals surface area contributed by atoms with Crippen molar-refractivity contribution < 1.29 is 9.53 Å². The van der Waals surface area contributed by atoms with Gasteiger partial charge >= 0.3 is 6.09 Å². The quantitative estimate of drug-likeness (QED) is 0.735. The first kappa shape index (κ1) is 17.0. The average molecular weight is 282 g/mol. The molecule has 0 aromatic carbocycles. The molecule has 0 bridgehead atoms. The molecule has 0 aromatic heterocycles. The molecule has 1 saturated carbocycles. The van der Waals surface area contributed by atoms with E-state index in [2.05, 4.69) is 23.6 Å². The summed E-state index contributed by atoms with van der Waals surface area (Å²) < 4.78 is 5.15. The van der Waals surface area contributed by atoms with Gasteiger partial charge in [0.15, 0.2) is 0 Å². The van der Waals surface area contributed by atoms with Crippen LogP contribution in [0.4, 0.5) is 4.79 Å². The second kappa shape index (κ2) is 8.30. The number of ether oxygens (including phenoxy) is 1. The van der Waals surface area contributed by atoms with Gasteiger partial charge in [-0.25, -0.2) is 4.79 Å². The molecule has 1 amide bonds. The molecule has 2 atom stereocenters. The first-order chi connectivity index (χ1) is 9.40. The van der Waals surface area contributed by atoms with Crippen molar-refractivity contribution in [3.63, 3.8) is 0 Å². The Morgan fingerprint density at radius 1 is 1.25 bits per heavy atom. The van der Waals surface area contributed by atoms with Gasteiger partial charge in [-0.05, 0) is 46.0 Å². The minimum Gasteiger partial charge on any atom is -0.444 e. The number of alkyl carbamates (subject to hydrolysis) is 1. The summed E-state index contributed by atoms with van der Waals surface area (Å²) in [4.78, 5) is 11.4. The highest BCUT2D eigenvalue weighted by atomic mass is 16.6. The molecule has 1 aliphatic rings. The SMILES string of the molecule is CCC1CCC(NC/C=C/CNC(=O)OC(C)(C)C)C1. The van der Waals surface area contributed by atoms with Crippen LogP contribution in [0.1, 0.15) is 53.4 Å². The molecule has 0 aromatic rings. The molecule has 1 aliphatic carbocycles. The Balaban J connectivity index is 2.04. The zero-order chi connectivity index (χ0) is 15.0. The van der Waals surface area contributed by atoms with Crippen molar-refractivity contribution in [1.82, 2.24) is 10.6 Å². The highest BCUT2D eigenvalue weighted by Gasteiger charge is 2.22.